The first-order chi connectivity index (χ1) is 25.6. The Bertz CT molecular complexity index is 2120. The molecule has 8 rings (SSSR count). The van der Waals surface area contributed by atoms with Crippen LogP contribution in [-0.4, -0.2) is 62.0 Å². The Kier molecular flexibility index (Phi) is 8.98. The minimum atomic E-state index is -4.82. The van der Waals surface area contributed by atoms with Gasteiger partial charge < -0.3 is 28.9 Å². The number of ether oxygens (including phenoxy) is 2. The first kappa shape index (κ1) is 34.5. The van der Waals surface area contributed by atoms with Gasteiger partial charge in [0.1, 0.15) is 35.8 Å². The number of carbonyl (C=O) groups is 2. The number of alkyl halides is 3. The second kappa shape index (κ2) is 13.8. The van der Waals surface area contributed by atoms with E-state index in [9.17, 15) is 27.9 Å². The molecule has 5 aromatic rings. The number of nitrogens with one attached hydrogen (secondary N) is 1. The average Bonchev–Trinajstić information content (AvgIpc) is 3.91. The van der Waals surface area contributed by atoms with Crippen molar-refractivity contribution in [2.24, 2.45) is 5.92 Å². The summed E-state index contributed by atoms with van der Waals surface area (Å²) in [4.78, 5) is 31.9. The number of rotatable bonds is 7. The van der Waals surface area contributed by atoms with E-state index < -0.39 is 65.4 Å². The van der Waals surface area contributed by atoms with E-state index in [1.165, 1.54) is 17.0 Å². The fraction of sp³-hybridized carbons (Fsp3) is 0.342. The lowest BCUT2D eigenvalue weighted by Gasteiger charge is -2.37. The maximum atomic E-state index is 14.2. The molecule has 3 aromatic carbocycles. The molecular weight excluding hydrogens is 695 g/mol. The Morgan fingerprint density at radius 2 is 1.72 bits per heavy atom. The monoisotopic (exact) mass is 729 g/mol. The fourth-order valence-electron chi connectivity index (χ4n) is 7.50. The zero-order valence-corrected chi connectivity index (χ0v) is 28.3. The number of benzene rings is 3. The third-order valence-electron chi connectivity index (χ3n) is 10.1. The van der Waals surface area contributed by atoms with E-state index in [1.807, 2.05) is 37.3 Å². The number of nitrogens with zero attached hydrogens (tertiary/aromatic N) is 4. The van der Waals surface area contributed by atoms with Crippen LogP contribution in [0.15, 0.2) is 87.9 Å². The van der Waals surface area contributed by atoms with Gasteiger partial charge >= 0.3 is 12.3 Å². The van der Waals surface area contributed by atoms with Crippen molar-refractivity contribution in [3.8, 4) is 40.0 Å². The van der Waals surface area contributed by atoms with Crippen LogP contribution in [-0.2, 0) is 15.7 Å². The molecule has 2 N–H and O–H groups in total. The first-order valence-corrected chi connectivity index (χ1v) is 17.3. The Morgan fingerprint density at radius 1 is 0.962 bits per heavy atom. The van der Waals surface area contributed by atoms with Crippen LogP contribution >= 0.6 is 0 Å². The smallest absolute Gasteiger partial charge is 0.422 e. The molecule has 15 heteroatoms. The molecule has 2 aromatic heterocycles. The molecule has 0 spiro atoms. The number of hydrogen-bond acceptors (Lipinski definition) is 11. The van der Waals surface area contributed by atoms with Crippen molar-refractivity contribution in [1.29, 1.82) is 0 Å². The van der Waals surface area contributed by atoms with Crippen LogP contribution in [0.25, 0.3) is 34.3 Å². The quantitative estimate of drug-likeness (QED) is 0.176. The van der Waals surface area contributed by atoms with Gasteiger partial charge in [0.05, 0.1) is 12.1 Å². The van der Waals surface area contributed by atoms with E-state index in [-0.39, 0.29) is 29.9 Å². The van der Waals surface area contributed by atoms with Crippen molar-refractivity contribution in [1.82, 2.24) is 25.5 Å². The van der Waals surface area contributed by atoms with Gasteiger partial charge in [-0.3, -0.25) is 4.79 Å². The number of amides is 2. The molecule has 3 aliphatic rings. The maximum absolute atomic E-state index is 14.2. The molecule has 1 saturated carbocycles. The van der Waals surface area contributed by atoms with Gasteiger partial charge in [0, 0.05) is 28.7 Å². The molecule has 1 aliphatic carbocycles. The van der Waals surface area contributed by atoms with Crippen LogP contribution in [0.1, 0.15) is 61.5 Å². The average molecular weight is 730 g/mol. The summed E-state index contributed by atoms with van der Waals surface area (Å²) in [5, 5.41) is 22.4. The Labute approximate surface area is 300 Å². The summed E-state index contributed by atoms with van der Waals surface area (Å²) in [7, 11) is 0. The third kappa shape index (κ3) is 6.54. The van der Waals surface area contributed by atoms with Gasteiger partial charge in [-0.1, -0.05) is 89.5 Å². The lowest BCUT2D eigenvalue weighted by atomic mass is 9.83. The van der Waals surface area contributed by atoms with E-state index in [1.54, 1.807) is 36.4 Å². The van der Waals surface area contributed by atoms with Crippen LogP contribution in [0.5, 0.6) is 5.75 Å². The molecule has 0 radical (unpaired) electrons. The van der Waals surface area contributed by atoms with Crippen molar-refractivity contribution in [2.45, 2.75) is 69.1 Å². The molecule has 53 heavy (non-hydrogen) atoms. The summed E-state index contributed by atoms with van der Waals surface area (Å²) >= 11 is 0. The minimum Gasteiger partial charge on any atom is -0.491 e. The minimum absolute atomic E-state index is 0.0175. The number of aromatic nitrogens is 3. The summed E-state index contributed by atoms with van der Waals surface area (Å²) in [6, 6.07) is 21.0. The largest absolute Gasteiger partial charge is 0.491 e. The second-order valence-electron chi connectivity index (χ2n) is 13.5. The summed E-state index contributed by atoms with van der Waals surface area (Å²) in [5.74, 6) is -1.52. The molecule has 0 unspecified atom stereocenters. The zero-order chi connectivity index (χ0) is 36.9. The van der Waals surface area contributed by atoms with Crippen molar-refractivity contribution >= 4 is 12.0 Å². The van der Waals surface area contributed by atoms with Crippen LogP contribution in [0.2, 0.25) is 0 Å². The number of halogens is 3. The highest BCUT2D eigenvalue weighted by Gasteiger charge is 2.46. The van der Waals surface area contributed by atoms with Gasteiger partial charge in [-0.2, -0.15) is 18.2 Å². The number of aliphatic hydroxyl groups excluding tert-OH is 1. The predicted molar refractivity (Wildman–Crippen MR) is 181 cm³/mol. The van der Waals surface area contributed by atoms with E-state index in [2.05, 4.69) is 20.6 Å². The lowest BCUT2D eigenvalue weighted by molar-refractivity contribution is -0.137. The van der Waals surface area contributed by atoms with Crippen molar-refractivity contribution in [3.05, 3.63) is 95.6 Å². The topological polar surface area (TPSA) is 153 Å². The number of aliphatic hydroxyl groups is 1. The zero-order valence-electron chi connectivity index (χ0n) is 28.3. The van der Waals surface area contributed by atoms with Gasteiger partial charge in [0.25, 0.3) is 5.89 Å². The molecule has 2 amide bonds. The maximum Gasteiger partial charge on any atom is 0.422 e. The van der Waals surface area contributed by atoms with E-state index in [4.69, 9.17) is 18.5 Å². The second-order valence-corrected chi connectivity index (χ2v) is 13.5. The van der Waals surface area contributed by atoms with E-state index >= 15 is 0 Å². The van der Waals surface area contributed by atoms with Crippen LogP contribution in [0, 0.1) is 5.92 Å². The Hall–Kier alpha value is -5.54. The molecule has 0 bridgehead atoms. The molecule has 274 valence electrons. The summed E-state index contributed by atoms with van der Waals surface area (Å²) < 4.78 is 64.5. The van der Waals surface area contributed by atoms with Gasteiger partial charge in [-0.05, 0) is 37.8 Å². The van der Waals surface area contributed by atoms with E-state index in [0.29, 0.717) is 29.7 Å². The van der Waals surface area contributed by atoms with Crippen LogP contribution in [0.3, 0.4) is 0 Å². The summed E-state index contributed by atoms with van der Waals surface area (Å²) in [6.07, 6.45) is -4.31. The Morgan fingerprint density at radius 3 is 2.47 bits per heavy atom. The standard InChI is InChI=1S/C38H34F3N5O7/c1-20-32(22-11-6-3-7-12-22)51-37(49)46(20)36(48)24-13-8-14-25(17-24)42-27-19-50-28-18-23(15-16-26(28)31(27)47)34-43-35(53-45-34)33-29(38(39,40)41)30(44-52-33)21-9-4-2-5-10-21/h2-7,9-12,15-16,18,20,24-25,27,31-32,42,47H,8,13-14,17,19H2,1H3/t20-,24+,25+,27-,31+,32-/m1/s1. The van der Waals surface area contributed by atoms with Crippen LogP contribution in [0.4, 0.5) is 18.0 Å². The highest BCUT2D eigenvalue weighted by molar-refractivity contribution is 5.95. The fourth-order valence-corrected chi connectivity index (χ4v) is 7.50. The molecule has 6 atom stereocenters. The molecule has 1 saturated heterocycles. The predicted octanol–water partition coefficient (Wildman–Crippen LogP) is 7.13. The highest BCUT2D eigenvalue weighted by atomic mass is 19.4. The van der Waals surface area contributed by atoms with Gasteiger partial charge in [0.15, 0.2) is 0 Å². The molecule has 12 nitrogen and oxygen atoms in total. The summed E-state index contributed by atoms with van der Waals surface area (Å²) in [6.45, 7) is 1.92. The Balaban J connectivity index is 0.937. The number of cyclic esters (lactones) is 1. The number of hydrogen-bond donors (Lipinski definition) is 2. The van der Waals surface area contributed by atoms with Crippen molar-refractivity contribution in [2.75, 3.05) is 6.61 Å². The molecule has 2 aliphatic heterocycles. The van der Waals surface area contributed by atoms with Crippen LogP contribution < -0.4 is 10.1 Å². The normalized spacial score (nSPS) is 24.4. The molecular formula is C38H34F3N5O7. The van der Waals surface area contributed by atoms with Crippen molar-refractivity contribution < 1.29 is 46.4 Å². The number of imide groups is 1. The highest BCUT2D eigenvalue weighted by Crippen LogP contribution is 2.44. The molecule has 4 heterocycles. The number of carbonyl (C=O) groups excluding carboxylic acids is 2. The first-order valence-electron chi connectivity index (χ1n) is 17.3. The third-order valence-corrected chi connectivity index (χ3v) is 10.1. The van der Waals surface area contributed by atoms with Gasteiger partial charge in [-0.25, -0.2) is 9.69 Å². The number of fused-ring (bicyclic) bond motifs is 1. The lowest BCUT2D eigenvalue weighted by Crippen LogP contribution is -2.50. The SMILES string of the molecule is C[C@@H]1[C@H](c2ccccc2)OC(=O)N1C(=O)[C@H]1CCC[C@H](N[C@@H]2COc3cc(-c4noc(-c5onc(-c6ccccc6)c5C(F)(F)F)n4)ccc3[C@@H]2O)C1. The molecule has 2 fully saturated rings. The van der Waals surface area contributed by atoms with Gasteiger partial charge in [-0.15, -0.1) is 0 Å². The van der Waals surface area contributed by atoms with E-state index in [0.717, 1.165) is 18.4 Å². The van der Waals surface area contributed by atoms with Crippen molar-refractivity contribution in [3.63, 3.8) is 0 Å². The summed E-state index contributed by atoms with van der Waals surface area (Å²) in [5.41, 5.74) is 0.387. The van der Waals surface area contributed by atoms with Gasteiger partial charge in [0.2, 0.25) is 17.5 Å².